The Labute approximate surface area is 163 Å². The first-order valence-corrected chi connectivity index (χ1v) is 10.4. The van der Waals surface area contributed by atoms with Gasteiger partial charge in [0.1, 0.15) is 18.1 Å². The molecule has 1 saturated heterocycles. The maximum Gasteiger partial charge on any atom is 0.326 e. The Morgan fingerprint density at radius 1 is 1.26 bits per heavy atom. The molecule has 0 saturated carbocycles. The highest BCUT2D eigenvalue weighted by Gasteiger charge is 2.36. The number of amides is 3. The lowest BCUT2D eigenvalue weighted by molar-refractivity contribution is -0.143. The summed E-state index contributed by atoms with van der Waals surface area (Å²) in [7, 11) is 0. The van der Waals surface area contributed by atoms with Gasteiger partial charge in [-0.2, -0.15) is 11.8 Å². The van der Waals surface area contributed by atoms with Gasteiger partial charge >= 0.3 is 5.97 Å². The highest BCUT2D eigenvalue weighted by atomic mass is 32.2. The van der Waals surface area contributed by atoms with E-state index in [2.05, 4.69) is 10.6 Å². The predicted molar refractivity (Wildman–Crippen MR) is 103 cm³/mol. The third-order valence-electron chi connectivity index (χ3n) is 4.52. The third kappa shape index (κ3) is 6.69. The van der Waals surface area contributed by atoms with E-state index in [9.17, 15) is 24.3 Å². The van der Waals surface area contributed by atoms with E-state index in [0.717, 1.165) is 0 Å². The van der Waals surface area contributed by atoms with Gasteiger partial charge in [0.2, 0.25) is 17.7 Å². The van der Waals surface area contributed by atoms with Gasteiger partial charge in [-0.15, -0.1) is 0 Å². The number of carboxylic acids is 1. The van der Waals surface area contributed by atoms with E-state index in [0.29, 0.717) is 31.6 Å². The smallest absolute Gasteiger partial charge is 0.326 e. The van der Waals surface area contributed by atoms with Crippen LogP contribution in [0.2, 0.25) is 0 Å². The zero-order valence-electron chi connectivity index (χ0n) is 16.1. The lowest BCUT2D eigenvalue weighted by Gasteiger charge is -2.28. The average molecular weight is 403 g/mol. The molecule has 0 aromatic rings. The van der Waals surface area contributed by atoms with Crippen molar-refractivity contribution in [1.29, 1.82) is 0 Å². The Morgan fingerprint density at radius 2 is 1.93 bits per heavy atom. The van der Waals surface area contributed by atoms with E-state index < -0.39 is 35.9 Å². The second-order valence-corrected chi connectivity index (χ2v) is 7.85. The second-order valence-electron chi connectivity index (χ2n) is 6.86. The molecular weight excluding hydrogens is 372 g/mol. The number of hydrogen-bond donors (Lipinski definition) is 4. The molecule has 0 spiro atoms. The Kier molecular flexibility index (Phi) is 9.57. The summed E-state index contributed by atoms with van der Waals surface area (Å²) in [5.74, 6) is -2.03. The van der Waals surface area contributed by atoms with Gasteiger partial charge in [0.25, 0.3) is 0 Å². The number of hydrogen-bond acceptors (Lipinski definition) is 6. The molecule has 1 aliphatic heterocycles. The summed E-state index contributed by atoms with van der Waals surface area (Å²) in [5, 5.41) is 14.5. The van der Waals surface area contributed by atoms with Crippen LogP contribution in [0.5, 0.6) is 0 Å². The van der Waals surface area contributed by atoms with Crippen molar-refractivity contribution in [2.24, 2.45) is 11.7 Å². The molecule has 0 radical (unpaired) electrons. The number of nitrogens with one attached hydrogen (secondary N) is 2. The second kappa shape index (κ2) is 11.1. The molecular formula is C17H30N4O5S. The van der Waals surface area contributed by atoms with Crippen LogP contribution in [-0.2, 0) is 19.2 Å². The van der Waals surface area contributed by atoms with E-state index in [1.165, 1.54) is 16.7 Å². The fourth-order valence-electron chi connectivity index (χ4n) is 2.99. The SMILES string of the molecule is CSCC[C@H](NC(=O)[C@@H](NC(=O)[C@@H]1CCCN1C(=O)CN)C(C)C)C(=O)O. The van der Waals surface area contributed by atoms with E-state index in [-0.39, 0.29) is 18.4 Å². The van der Waals surface area contributed by atoms with Crippen molar-refractivity contribution in [3.05, 3.63) is 0 Å². The number of carboxylic acid groups (broad SMARTS) is 1. The van der Waals surface area contributed by atoms with Crippen LogP contribution in [-0.4, -0.2) is 76.9 Å². The van der Waals surface area contributed by atoms with Crippen LogP contribution < -0.4 is 16.4 Å². The minimum atomic E-state index is -1.11. The van der Waals surface area contributed by atoms with Gasteiger partial charge in [-0.25, -0.2) is 4.79 Å². The fraction of sp³-hybridized carbons (Fsp3) is 0.765. The molecule has 154 valence electrons. The predicted octanol–water partition coefficient (Wildman–Crippen LogP) is -0.601. The van der Waals surface area contributed by atoms with E-state index in [1.807, 2.05) is 6.26 Å². The topological polar surface area (TPSA) is 142 Å². The number of likely N-dealkylation sites (tertiary alicyclic amines) is 1. The van der Waals surface area contributed by atoms with Crippen molar-refractivity contribution in [2.75, 3.05) is 25.1 Å². The van der Waals surface area contributed by atoms with Crippen LogP contribution in [0.4, 0.5) is 0 Å². The number of aliphatic carboxylic acids is 1. The summed E-state index contributed by atoms with van der Waals surface area (Å²) in [6.07, 6.45) is 3.35. The lowest BCUT2D eigenvalue weighted by Crippen LogP contribution is -2.57. The minimum Gasteiger partial charge on any atom is -0.480 e. The molecule has 9 nitrogen and oxygen atoms in total. The third-order valence-corrected chi connectivity index (χ3v) is 5.17. The summed E-state index contributed by atoms with van der Waals surface area (Å²) in [6.45, 7) is 3.81. The van der Waals surface area contributed by atoms with Gasteiger partial charge in [0, 0.05) is 6.54 Å². The maximum atomic E-state index is 12.6. The van der Waals surface area contributed by atoms with Crippen LogP contribution in [0.3, 0.4) is 0 Å². The number of nitrogens with two attached hydrogens (primary N) is 1. The van der Waals surface area contributed by atoms with E-state index in [4.69, 9.17) is 5.73 Å². The van der Waals surface area contributed by atoms with Crippen molar-refractivity contribution in [2.45, 2.75) is 51.2 Å². The number of nitrogens with zero attached hydrogens (tertiary/aromatic N) is 1. The van der Waals surface area contributed by atoms with Crippen LogP contribution in [0, 0.1) is 5.92 Å². The number of thioether (sulfide) groups is 1. The molecule has 0 aliphatic carbocycles. The van der Waals surface area contributed by atoms with Crippen molar-refractivity contribution in [3.63, 3.8) is 0 Å². The molecule has 0 unspecified atom stereocenters. The van der Waals surface area contributed by atoms with Gasteiger partial charge in [-0.1, -0.05) is 13.8 Å². The molecule has 0 aromatic heterocycles. The average Bonchev–Trinajstić information content (AvgIpc) is 3.11. The molecule has 1 fully saturated rings. The molecule has 1 aliphatic rings. The molecule has 1 heterocycles. The summed E-state index contributed by atoms with van der Waals surface area (Å²) in [5.41, 5.74) is 5.39. The van der Waals surface area contributed by atoms with E-state index in [1.54, 1.807) is 13.8 Å². The first-order valence-electron chi connectivity index (χ1n) is 9.04. The van der Waals surface area contributed by atoms with Crippen molar-refractivity contribution in [3.8, 4) is 0 Å². The number of carbonyl (C=O) groups excluding carboxylic acids is 3. The quantitative estimate of drug-likeness (QED) is 0.382. The largest absolute Gasteiger partial charge is 0.480 e. The standard InChI is InChI=1S/C17H30N4O5S/c1-10(2)14(16(24)19-11(17(25)26)6-8-27-3)20-15(23)12-5-4-7-21(12)13(22)9-18/h10-12,14H,4-9,18H2,1-3H3,(H,19,24)(H,20,23)(H,25,26)/t11-,12-,14-/m0/s1. The molecule has 1 rings (SSSR count). The van der Waals surface area contributed by atoms with Crippen LogP contribution in [0.25, 0.3) is 0 Å². The number of rotatable bonds is 10. The van der Waals surface area contributed by atoms with Crippen molar-refractivity contribution < 1.29 is 24.3 Å². The minimum absolute atomic E-state index is 0.173. The Bertz CT molecular complexity index is 557. The first kappa shape index (κ1) is 23.2. The highest BCUT2D eigenvalue weighted by Crippen LogP contribution is 2.18. The normalized spacial score (nSPS) is 18.9. The van der Waals surface area contributed by atoms with Gasteiger partial charge in [-0.05, 0) is 37.2 Å². The van der Waals surface area contributed by atoms with Gasteiger partial charge in [-0.3, -0.25) is 14.4 Å². The van der Waals surface area contributed by atoms with Crippen LogP contribution in [0.1, 0.15) is 33.1 Å². The zero-order valence-corrected chi connectivity index (χ0v) is 16.9. The van der Waals surface area contributed by atoms with E-state index >= 15 is 0 Å². The molecule has 10 heteroatoms. The highest BCUT2D eigenvalue weighted by molar-refractivity contribution is 7.98. The molecule has 0 aromatic carbocycles. The Hall–Kier alpha value is -1.81. The zero-order chi connectivity index (χ0) is 20.6. The molecule has 27 heavy (non-hydrogen) atoms. The summed E-state index contributed by atoms with van der Waals surface area (Å²) < 4.78 is 0. The lowest BCUT2D eigenvalue weighted by atomic mass is 10.0. The Balaban J connectivity index is 2.79. The molecule has 5 N–H and O–H groups in total. The van der Waals surface area contributed by atoms with Crippen molar-refractivity contribution in [1.82, 2.24) is 15.5 Å². The first-order chi connectivity index (χ1) is 12.7. The fourth-order valence-corrected chi connectivity index (χ4v) is 3.47. The van der Waals surface area contributed by atoms with Crippen molar-refractivity contribution >= 4 is 35.5 Å². The molecule has 0 bridgehead atoms. The maximum absolute atomic E-state index is 12.6. The van der Waals surface area contributed by atoms with Crippen LogP contribution in [0.15, 0.2) is 0 Å². The molecule has 3 amide bonds. The summed E-state index contributed by atoms with van der Waals surface area (Å²) in [6, 6.07) is -2.55. The van der Waals surface area contributed by atoms with Crippen LogP contribution >= 0.6 is 11.8 Å². The molecule has 3 atom stereocenters. The summed E-state index contributed by atoms with van der Waals surface area (Å²) >= 11 is 1.49. The van der Waals surface area contributed by atoms with Gasteiger partial charge in [0.15, 0.2) is 0 Å². The van der Waals surface area contributed by atoms with Gasteiger partial charge in [0.05, 0.1) is 6.54 Å². The number of carbonyl (C=O) groups is 4. The summed E-state index contributed by atoms with van der Waals surface area (Å²) in [4.78, 5) is 49.9. The Morgan fingerprint density at radius 3 is 2.44 bits per heavy atom. The monoisotopic (exact) mass is 402 g/mol. The van der Waals surface area contributed by atoms with Gasteiger partial charge < -0.3 is 26.4 Å².